The summed E-state index contributed by atoms with van der Waals surface area (Å²) in [6.45, 7) is 3.31. The van der Waals surface area contributed by atoms with E-state index < -0.39 is 0 Å². The molecule has 1 amide bonds. The number of carbonyl (C=O) groups is 1. The topological polar surface area (TPSA) is 62.2 Å². The predicted molar refractivity (Wildman–Crippen MR) is 133 cm³/mol. The van der Waals surface area contributed by atoms with E-state index >= 15 is 0 Å². The second-order valence-electron chi connectivity index (χ2n) is 9.74. The summed E-state index contributed by atoms with van der Waals surface area (Å²) in [4.78, 5) is 17.6. The fraction of sp³-hybridized carbons (Fsp3) is 0.536. The number of rotatable bonds is 9. The summed E-state index contributed by atoms with van der Waals surface area (Å²) in [5.41, 5.74) is 2.18. The molecule has 4 rings (SSSR count). The van der Waals surface area contributed by atoms with Crippen LogP contribution in [0.2, 0.25) is 0 Å². The molecule has 6 heteroatoms. The molecular formula is C28H38N2O4. The zero-order valence-electron chi connectivity index (χ0n) is 20.5. The molecule has 0 radical (unpaired) electrons. The molecule has 1 heterocycles. The Morgan fingerprint density at radius 1 is 1.06 bits per heavy atom. The summed E-state index contributed by atoms with van der Waals surface area (Å²) >= 11 is 0. The molecule has 6 nitrogen and oxygen atoms in total. The lowest BCUT2D eigenvalue weighted by Crippen LogP contribution is -2.46. The van der Waals surface area contributed by atoms with Crippen molar-refractivity contribution in [1.82, 2.24) is 9.80 Å². The molecule has 1 saturated carbocycles. The molecule has 0 spiro atoms. The van der Waals surface area contributed by atoms with Gasteiger partial charge in [-0.25, -0.2) is 0 Å². The first-order valence-electron chi connectivity index (χ1n) is 12.5. The molecule has 34 heavy (non-hydrogen) atoms. The van der Waals surface area contributed by atoms with Crippen LogP contribution < -0.4 is 4.74 Å². The van der Waals surface area contributed by atoms with E-state index in [9.17, 15) is 9.90 Å². The standard InChI is InChI=1S/C28H38N2O4/c1-33-20-28(32)30(24-11-4-3-5-12-24)18-23-17-29(16-22-9-6-7-14-27(22)31)19-26(23)21-10-8-13-25(15-21)34-2/h6-10,13-15,23-24,26,31H,3-5,11-12,16-20H2,1-2H3. The summed E-state index contributed by atoms with van der Waals surface area (Å²) < 4.78 is 10.8. The molecule has 2 aliphatic rings. The van der Waals surface area contributed by atoms with Gasteiger partial charge in [0.2, 0.25) is 5.91 Å². The van der Waals surface area contributed by atoms with Crippen molar-refractivity contribution in [3.05, 3.63) is 59.7 Å². The van der Waals surface area contributed by atoms with E-state index in [1.165, 1.54) is 24.8 Å². The summed E-state index contributed by atoms with van der Waals surface area (Å²) in [7, 11) is 3.30. The van der Waals surface area contributed by atoms with Crippen LogP contribution in [0.1, 0.15) is 49.1 Å². The van der Waals surface area contributed by atoms with Crippen molar-refractivity contribution in [2.45, 2.75) is 50.6 Å². The number of hydrogen-bond acceptors (Lipinski definition) is 5. The number of hydrogen-bond donors (Lipinski definition) is 1. The third kappa shape index (κ3) is 5.91. The van der Waals surface area contributed by atoms with Crippen LogP contribution in [0.15, 0.2) is 48.5 Å². The minimum atomic E-state index is 0.0953. The molecule has 2 aromatic rings. The number of nitrogens with zero attached hydrogens (tertiary/aromatic N) is 2. The quantitative estimate of drug-likeness (QED) is 0.593. The number of methoxy groups -OCH3 is 2. The number of phenolic OH excluding ortho intramolecular Hbond substituents is 1. The van der Waals surface area contributed by atoms with Crippen molar-refractivity contribution in [1.29, 1.82) is 0 Å². The maximum absolute atomic E-state index is 13.1. The molecule has 1 N–H and O–H groups in total. The Bertz CT molecular complexity index is 944. The van der Waals surface area contributed by atoms with Crippen LogP contribution in [0.4, 0.5) is 0 Å². The zero-order valence-corrected chi connectivity index (χ0v) is 20.5. The fourth-order valence-electron chi connectivity index (χ4n) is 5.72. The summed E-state index contributed by atoms with van der Waals surface area (Å²) in [6.07, 6.45) is 5.78. The SMILES string of the molecule is COCC(=O)N(CC1CN(Cc2ccccc2O)CC1c1cccc(OC)c1)C1CCCCC1. The van der Waals surface area contributed by atoms with E-state index in [0.29, 0.717) is 24.3 Å². The molecule has 0 bridgehead atoms. The molecule has 0 aromatic heterocycles. The largest absolute Gasteiger partial charge is 0.508 e. The third-order valence-electron chi connectivity index (χ3n) is 7.46. The van der Waals surface area contributed by atoms with Gasteiger partial charge in [0, 0.05) is 50.8 Å². The third-order valence-corrected chi connectivity index (χ3v) is 7.46. The van der Waals surface area contributed by atoms with Crippen LogP contribution in [0.3, 0.4) is 0 Å². The predicted octanol–water partition coefficient (Wildman–Crippen LogP) is 4.42. The summed E-state index contributed by atoms with van der Waals surface area (Å²) in [6, 6.07) is 16.2. The Morgan fingerprint density at radius 3 is 2.59 bits per heavy atom. The summed E-state index contributed by atoms with van der Waals surface area (Å²) in [5.74, 6) is 1.86. The zero-order chi connectivity index (χ0) is 23.9. The van der Waals surface area contributed by atoms with Gasteiger partial charge >= 0.3 is 0 Å². The number of para-hydroxylation sites is 1. The first-order chi connectivity index (χ1) is 16.6. The van der Waals surface area contributed by atoms with Gasteiger partial charge in [-0.3, -0.25) is 9.69 Å². The number of ether oxygens (including phenoxy) is 2. The first-order valence-corrected chi connectivity index (χ1v) is 12.5. The highest BCUT2D eigenvalue weighted by atomic mass is 16.5. The van der Waals surface area contributed by atoms with Gasteiger partial charge in [-0.05, 0) is 42.5 Å². The molecule has 2 unspecified atom stereocenters. The van der Waals surface area contributed by atoms with Crippen LogP contribution >= 0.6 is 0 Å². The van der Waals surface area contributed by atoms with Crippen molar-refractivity contribution in [2.24, 2.45) is 5.92 Å². The van der Waals surface area contributed by atoms with Crippen molar-refractivity contribution < 1.29 is 19.4 Å². The van der Waals surface area contributed by atoms with Gasteiger partial charge in [-0.15, -0.1) is 0 Å². The molecule has 1 aliphatic heterocycles. The van der Waals surface area contributed by atoms with Crippen molar-refractivity contribution in [2.75, 3.05) is 40.5 Å². The number of likely N-dealkylation sites (tertiary alicyclic amines) is 1. The van der Waals surface area contributed by atoms with Gasteiger partial charge in [0.15, 0.2) is 0 Å². The lowest BCUT2D eigenvalue weighted by Gasteiger charge is -2.37. The maximum Gasteiger partial charge on any atom is 0.248 e. The maximum atomic E-state index is 13.1. The second kappa shape index (κ2) is 11.7. The molecule has 1 saturated heterocycles. The minimum Gasteiger partial charge on any atom is -0.508 e. The van der Waals surface area contributed by atoms with Crippen molar-refractivity contribution in [3.8, 4) is 11.5 Å². The monoisotopic (exact) mass is 466 g/mol. The Labute approximate surface area is 203 Å². The molecule has 2 atom stereocenters. The Hall–Kier alpha value is -2.57. The highest BCUT2D eigenvalue weighted by Gasteiger charge is 2.38. The van der Waals surface area contributed by atoms with Crippen LogP contribution in [0.25, 0.3) is 0 Å². The highest BCUT2D eigenvalue weighted by molar-refractivity contribution is 5.77. The number of aromatic hydroxyl groups is 1. The van der Waals surface area contributed by atoms with Crippen molar-refractivity contribution in [3.63, 3.8) is 0 Å². The van der Waals surface area contributed by atoms with E-state index in [0.717, 1.165) is 43.8 Å². The fourth-order valence-corrected chi connectivity index (χ4v) is 5.72. The number of carbonyl (C=O) groups excluding carboxylic acids is 1. The molecule has 2 aromatic carbocycles. The first kappa shape index (κ1) is 24.6. The van der Waals surface area contributed by atoms with Gasteiger partial charge in [0.25, 0.3) is 0 Å². The molecule has 2 fully saturated rings. The van der Waals surface area contributed by atoms with Gasteiger partial charge in [0.05, 0.1) is 7.11 Å². The van der Waals surface area contributed by atoms with Crippen LogP contribution in [0, 0.1) is 5.92 Å². The number of benzene rings is 2. The molecule has 1 aliphatic carbocycles. The average molecular weight is 467 g/mol. The lowest BCUT2D eigenvalue weighted by molar-refractivity contribution is -0.139. The van der Waals surface area contributed by atoms with Gasteiger partial charge in [0.1, 0.15) is 18.1 Å². The smallest absolute Gasteiger partial charge is 0.248 e. The average Bonchev–Trinajstić information content (AvgIpc) is 3.27. The van der Waals surface area contributed by atoms with Crippen LogP contribution in [-0.2, 0) is 16.1 Å². The van der Waals surface area contributed by atoms with Crippen LogP contribution in [0.5, 0.6) is 11.5 Å². The van der Waals surface area contributed by atoms with Gasteiger partial charge in [-0.2, -0.15) is 0 Å². The van der Waals surface area contributed by atoms with Crippen LogP contribution in [-0.4, -0.2) is 67.3 Å². The molecular weight excluding hydrogens is 428 g/mol. The Morgan fingerprint density at radius 2 is 1.85 bits per heavy atom. The van der Waals surface area contributed by atoms with Gasteiger partial charge < -0.3 is 19.5 Å². The number of phenols is 1. The van der Waals surface area contributed by atoms with Gasteiger partial charge in [-0.1, -0.05) is 49.6 Å². The van der Waals surface area contributed by atoms with E-state index in [-0.39, 0.29) is 18.4 Å². The highest BCUT2D eigenvalue weighted by Crippen LogP contribution is 2.37. The Balaban J connectivity index is 1.58. The van der Waals surface area contributed by atoms with E-state index in [1.54, 1.807) is 20.3 Å². The summed E-state index contributed by atoms with van der Waals surface area (Å²) in [5, 5.41) is 10.3. The Kier molecular flexibility index (Phi) is 8.46. The van der Waals surface area contributed by atoms with Crippen molar-refractivity contribution >= 4 is 5.91 Å². The normalized spacial score (nSPS) is 21.5. The lowest BCUT2D eigenvalue weighted by atomic mass is 9.87. The van der Waals surface area contributed by atoms with E-state index in [1.807, 2.05) is 30.3 Å². The number of amides is 1. The van der Waals surface area contributed by atoms with E-state index in [4.69, 9.17) is 9.47 Å². The minimum absolute atomic E-state index is 0.0953. The second-order valence-corrected chi connectivity index (χ2v) is 9.74. The van der Waals surface area contributed by atoms with E-state index in [2.05, 4.69) is 21.9 Å². The molecule has 184 valence electrons.